The normalized spacial score (nSPS) is 21.0. The number of carbonyl (C=O) groups is 2. The van der Waals surface area contributed by atoms with Gasteiger partial charge < -0.3 is 9.47 Å². The van der Waals surface area contributed by atoms with E-state index in [2.05, 4.69) is 0 Å². The summed E-state index contributed by atoms with van der Waals surface area (Å²) in [5.41, 5.74) is 0. The van der Waals surface area contributed by atoms with Gasteiger partial charge in [0.05, 0.1) is 7.11 Å². The lowest BCUT2D eigenvalue weighted by molar-refractivity contribution is -0.171. The number of thioether (sulfide) groups is 2. The van der Waals surface area contributed by atoms with Crippen molar-refractivity contribution in [2.24, 2.45) is 0 Å². The number of esters is 1. The molecule has 0 aromatic heterocycles. The van der Waals surface area contributed by atoms with Gasteiger partial charge in [-0.3, -0.25) is 9.69 Å². The zero-order chi connectivity index (χ0) is 16.3. The fraction of sp³-hybridized carbons (Fsp3) is 0.467. The first-order chi connectivity index (χ1) is 10.5. The van der Waals surface area contributed by atoms with Crippen LogP contribution in [0, 0.1) is 0 Å². The summed E-state index contributed by atoms with van der Waals surface area (Å²) in [6.07, 6.45) is 3.18. The van der Waals surface area contributed by atoms with Crippen molar-refractivity contribution in [2.75, 3.05) is 19.6 Å². The maximum atomic E-state index is 12.5. The lowest BCUT2D eigenvalue weighted by Crippen LogP contribution is -2.75. The quantitative estimate of drug-likeness (QED) is 0.449. The van der Waals surface area contributed by atoms with Gasteiger partial charge in [-0.15, -0.1) is 23.5 Å². The van der Waals surface area contributed by atoms with E-state index in [1.165, 1.54) is 30.6 Å². The highest BCUT2D eigenvalue weighted by Gasteiger charge is 2.64. The fourth-order valence-electron chi connectivity index (χ4n) is 2.49. The number of methoxy groups -OCH3 is 1. The average molecular weight is 341 g/mol. The largest absolute Gasteiger partial charge is 0.476 e. The smallest absolute Gasteiger partial charge is 0.328 e. The number of ether oxygens (including phenoxy) is 2. The molecule has 7 heteroatoms. The number of β-lactam (4-membered cyclic amide) rings is 1. The molecule has 1 heterocycles. The van der Waals surface area contributed by atoms with Crippen LogP contribution in [0.25, 0.3) is 0 Å². The lowest BCUT2D eigenvalue weighted by atomic mass is 10.1. The Morgan fingerprint density at radius 1 is 1.27 bits per heavy atom. The molecule has 0 radical (unpaired) electrons. The van der Waals surface area contributed by atoms with Gasteiger partial charge in [-0.05, 0) is 31.6 Å². The molecule has 0 N–H and O–H groups in total. The number of rotatable bonds is 6. The highest BCUT2D eigenvalue weighted by atomic mass is 32.2. The van der Waals surface area contributed by atoms with Gasteiger partial charge in [0, 0.05) is 0 Å². The molecule has 0 bridgehead atoms. The molecule has 1 amide bonds. The number of benzene rings is 1. The van der Waals surface area contributed by atoms with E-state index in [0.717, 1.165) is 0 Å². The van der Waals surface area contributed by atoms with E-state index in [0.29, 0.717) is 5.75 Å². The van der Waals surface area contributed by atoms with Gasteiger partial charge in [0.2, 0.25) is 6.10 Å². The van der Waals surface area contributed by atoms with E-state index < -0.39 is 22.3 Å². The van der Waals surface area contributed by atoms with E-state index >= 15 is 0 Å². The summed E-state index contributed by atoms with van der Waals surface area (Å²) in [5.74, 6) is 0.00290. The zero-order valence-corrected chi connectivity index (χ0v) is 14.6. The minimum Gasteiger partial charge on any atom is -0.476 e. The third-order valence-electron chi connectivity index (χ3n) is 3.64. The van der Waals surface area contributed by atoms with E-state index in [4.69, 9.17) is 9.47 Å². The predicted molar refractivity (Wildman–Crippen MR) is 88.9 cm³/mol. The molecule has 1 aliphatic heterocycles. The Bertz CT molecular complexity index is 548. The molecule has 22 heavy (non-hydrogen) atoms. The summed E-state index contributed by atoms with van der Waals surface area (Å²) < 4.78 is 9.99. The van der Waals surface area contributed by atoms with Crippen molar-refractivity contribution in [3.63, 3.8) is 0 Å². The first-order valence-corrected chi connectivity index (χ1v) is 9.19. The second-order valence-electron chi connectivity index (χ2n) is 4.76. The maximum absolute atomic E-state index is 12.5. The molecule has 120 valence electrons. The molecule has 5 nitrogen and oxygen atoms in total. The van der Waals surface area contributed by atoms with Gasteiger partial charge in [-0.25, -0.2) is 4.79 Å². The Kier molecular flexibility index (Phi) is 5.28. The van der Waals surface area contributed by atoms with Gasteiger partial charge in [-0.1, -0.05) is 18.2 Å². The minimum absolute atomic E-state index is 0.203. The van der Waals surface area contributed by atoms with Crippen molar-refractivity contribution in [3.8, 4) is 5.75 Å². The topological polar surface area (TPSA) is 55.8 Å². The number of para-hydroxylation sites is 1. The molecule has 2 rings (SSSR count). The third kappa shape index (κ3) is 2.67. The van der Waals surface area contributed by atoms with E-state index in [1.807, 2.05) is 42.8 Å². The maximum Gasteiger partial charge on any atom is 0.328 e. The van der Waals surface area contributed by atoms with Gasteiger partial charge >= 0.3 is 5.97 Å². The predicted octanol–water partition coefficient (Wildman–Crippen LogP) is 2.22. The van der Waals surface area contributed by atoms with Crippen LogP contribution in [0.4, 0.5) is 0 Å². The fourth-order valence-corrected chi connectivity index (χ4v) is 4.77. The van der Waals surface area contributed by atoms with Gasteiger partial charge in [0.1, 0.15) is 11.8 Å². The van der Waals surface area contributed by atoms with Crippen LogP contribution in [0.5, 0.6) is 5.75 Å². The van der Waals surface area contributed by atoms with Crippen molar-refractivity contribution in [3.05, 3.63) is 30.3 Å². The van der Waals surface area contributed by atoms with Crippen LogP contribution in [0.15, 0.2) is 30.3 Å². The summed E-state index contributed by atoms with van der Waals surface area (Å²) in [7, 11) is 1.32. The zero-order valence-electron chi connectivity index (χ0n) is 12.9. The van der Waals surface area contributed by atoms with Gasteiger partial charge in [-0.2, -0.15) is 0 Å². The molecule has 1 fully saturated rings. The highest BCUT2D eigenvalue weighted by Crippen LogP contribution is 2.51. The molecule has 0 saturated carbocycles. The monoisotopic (exact) mass is 341 g/mol. The van der Waals surface area contributed by atoms with Crippen LogP contribution in [-0.2, 0) is 14.3 Å². The van der Waals surface area contributed by atoms with E-state index in [-0.39, 0.29) is 5.91 Å². The molecule has 1 aromatic carbocycles. The highest BCUT2D eigenvalue weighted by molar-refractivity contribution is 8.17. The van der Waals surface area contributed by atoms with Crippen molar-refractivity contribution < 1.29 is 19.1 Å². The van der Waals surface area contributed by atoms with E-state index in [9.17, 15) is 9.59 Å². The molecule has 1 aliphatic rings. The Balaban J connectivity index is 2.25. The van der Waals surface area contributed by atoms with Gasteiger partial charge in [0.15, 0.2) is 4.20 Å². The first kappa shape index (κ1) is 17.0. The molecular weight excluding hydrogens is 322 g/mol. The minimum atomic E-state index is -0.645. The second-order valence-corrected chi connectivity index (χ2v) is 7.08. The number of carbonyl (C=O) groups excluding carboxylic acids is 2. The van der Waals surface area contributed by atoms with Crippen LogP contribution in [0.3, 0.4) is 0 Å². The summed E-state index contributed by atoms with van der Waals surface area (Å²) in [6, 6.07) is 8.57. The Hall–Kier alpha value is -1.34. The lowest BCUT2D eigenvalue weighted by Gasteiger charge is -2.56. The number of amides is 1. The Labute approximate surface area is 138 Å². The first-order valence-electron chi connectivity index (χ1n) is 6.74. The second kappa shape index (κ2) is 6.83. The molecular formula is C15H19NO4S2. The van der Waals surface area contributed by atoms with Crippen molar-refractivity contribution in [2.45, 2.75) is 23.3 Å². The summed E-state index contributed by atoms with van der Waals surface area (Å²) >= 11 is 2.98. The summed E-state index contributed by atoms with van der Waals surface area (Å²) in [4.78, 5) is 25.9. The standard InChI is InChI=1S/C15H19NO4S2/c1-10(14(18)19-2)16-13(17)12(15(16,21-3)22-4)20-11-8-6-5-7-9-11/h5-10,12H,1-4H3. The summed E-state index contributed by atoms with van der Waals surface area (Å²) in [6.45, 7) is 1.67. The van der Waals surface area contributed by atoms with Crippen molar-refractivity contribution >= 4 is 35.4 Å². The van der Waals surface area contributed by atoms with Crippen molar-refractivity contribution in [1.82, 2.24) is 4.90 Å². The van der Waals surface area contributed by atoms with Crippen LogP contribution in [0.1, 0.15) is 6.92 Å². The molecule has 1 saturated heterocycles. The molecule has 0 aliphatic carbocycles. The average Bonchev–Trinajstić information content (AvgIpc) is 2.56. The summed E-state index contributed by atoms with van der Waals surface area (Å²) in [5, 5.41) is 0. The third-order valence-corrected chi connectivity index (χ3v) is 6.63. The van der Waals surface area contributed by atoms with Crippen LogP contribution >= 0.6 is 23.5 Å². The number of hydrogen-bond acceptors (Lipinski definition) is 6. The number of nitrogens with zero attached hydrogens (tertiary/aromatic N) is 1. The van der Waals surface area contributed by atoms with Crippen LogP contribution in [0.2, 0.25) is 0 Å². The van der Waals surface area contributed by atoms with Crippen LogP contribution < -0.4 is 4.74 Å². The number of hydrogen-bond donors (Lipinski definition) is 0. The SMILES string of the molecule is COC(=O)C(C)N1C(=O)C(Oc2ccccc2)C1(SC)SC. The molecule has 2 unspecified atom stereocenters. The van der Waals surface area contributed by atoms with E-state index in [1.54, 1.807) is 11.8 Å². The van der Waals surface area contributed by atoms with Gasteiger partial charge in [0.25, 0.3) is 5.91 Å². The number of likely N-dealkylation sites (tertiary alicyclic amines) is 1. The Morgan fingerprint density at radius 2 is 1.86 bits per heavy atom. The molecule has 2 atom stereocenters. The van der Waals surface area contributed by atoms with Crippen molar-refractivity contribution in [1.29, 1.82) is 0 Å². The van der Waals surface area contributed by atoms with Crippen LogP contribution in [-0.4, -0.2) is 52.7 Å². The molecule has 0 spiro atoms. The Morgan fingerprint density at radius 3 is 2.36 bits per heavy atom. The molecule has 1 aromatic rings.